The summed E-state index contributed by atoms with van der Waals surface area (Å²) in [4.78, 5) is 25.4. The van der Waals surface area contributed by atoms with Crippen molar-refractivity contribution in [3.63, 3.8) is 0 Å². The van der Waals surface area contributed by atoms with Crippen LogP contribution in [0.25, 0.3) is 0 Å². The van der Waals surface area contributed by atoms with E-state index < -0.39 is 26.6 Å². The van der Waals surface area contributed by atoms with Crippen molar-refractivity contribution in [2.45, 2.75) is 199 Å². The van der Waals surface area contributed by atoms with Crippen LogP contribution in [0.15, 0.2) is 122 Å². The van der Waals surface area contributed by atoms with Gasteiger partial charge in [0.05, 0.1) is 39.9 Å². The molecule has 0 rings (SSSR count). The molecule has 8 nitrogen and oxygen atoms in total. The van der Waals surface area contributed by atoms with E-state index in [0.29, 0.717) is 23.9 Å². The highest BCUT2D eigenvalue weighted by Gasteiger charge is 2.23. The monoisotopic (exact) mass is 951 g/mol. The van der Waals surface area contributed by atoms with Crippen LogP contribution in [-0.4, -0.2) is 68.5 Å². The van der Waals surface area contributed by atoms with Gasteiger partial charge in [-0.15, -0.1) is 0 Å². The maximum Gasteiger partial charge on any atom is 0.268 e. The number of quaternary nitrogens is 1. The van der Waals surface area contributed by atoms with E-state index in [9.17, 15) is 19.4 Å². The molecule has 3 atom stereocenters. The lowest BCUT2D eigenvalue weighted by molar-refractivity contribution is -0.870. The standard InChI is InChI=1S/C58H99N2O6P/c1-6-8-10-12-14-16-18-20-22-24-26-28-29-30-31-32-34-36-38-40-42-44-46-48-50-52-58(62)59-56(55-66-67(63,64)65-54-53-60(3,4)5)57(61)51-49-47-45-43-41-39-37-35-33-27-25-23-21-19-17-15-13-11-9-7-2/h8,10,14,16,20,22,26,28,30-31,33-36,40-43,49,51,56-57,61H,6-7,9,11-13,15,17-19,21,23-25,27,29,32,37-39,44-48,50,52-55H2,1-5H3,(H-,59,62,63,64)/b10-8-,16-14-,22-20-,28-26-,31-30-,35-33+,36-34-,42-40-,43-41+,51-49+. The average Bonchev–Trinajstić information content (AvgIpc) is 3.29. The number of rotatable bonds is 46. The second-order valence-electron chi connectivity index (χ2n) is 18.5. The van der Waals surface area contributed by atoms with Crippen molar-refractivity contribution in [3.8, 4) is 0 Å². The highest BCUT2D eigenvalue weighted by atomic mass is 31.2. The maximum absolute atomic E-state index is 12.9. The van der Waals surface area contributed by atoms with Crippen molar-refractivity contribution in [2.24, 2.45) is 0 Å². The normalized spacial score (nSPS) is 15.0. The van der Waals surface area contributed by atoms with Gasteiger partial charge in [-0.2, -0.15) is 0 Å². The fraction of sp³-hybridized carbons (Fsp3) is 0.638. The third kappa shape index (κ3) is 50.6. The molecule has 3 unspecified atom stereocenters. The Kier molecular flexibility index (Phi) is 45.7. The number of hydrogen-bond donors (Lipinski definition) is 2. The molecule has 0 radical (unpaired) electrons. The van der Waals surface area contributed by atoms with Crippen LogP contribution < -0.4 is 10.2 Å². The van der Waals surface area contributed by atoms with E-state index in [4.69, 9.17) is 9.05 Å². The number of carbonyl (C=O) groups is 1. The summed E-state index contributed by atoms with van der Waals surface area (Å²) in [6.45, 7) is 4.46. The molecule has 2 N–H and O–H groups in total. The van der Waals surface area contributed by atoms with Crippen LogP contribution in [0.2, 0.25) is 0 Å². The van der Waals surface area contributed by atoms with Gasteiger partial charge < -0.3 is 28.8 Å². The molecule has 0 saturated carbocycles. The van der Waals surface area contributed by atoms with Gasteiger partial charge in [0, 0.05) is 6.42 Å². The van der Waals surface area contributed by atoms with Crippen LogP contribution in [0.1, 0.15) is 187 Å². The molecule has 0 saturated heterocycles. The molecule has 67 heavy (non-hydrogen) atoms. The number of nitrogens with zero attached hydrogens (tertiary/aromatic N) is 1. The minimum atomic E-state index is -4.63. The number of aliphatic hydroxyl groups is 1. The Morgan fingerprint density at radius 1 is 0.537 bits per heavy atom. The lowest BCUT2D eigenvalue weighted by atomic mass is 10.1. The Bertz CT molecular complexity index is 1500. The summed E-state index contributed by atoms with van der Waals surface area (Å²) >= 11 is 0. The van der Waals surface area contributed by atoms with Gasteiger partial charge in [0.15, 0.2) is 0 Å². The number of amides is 1. The zero-order valence-electron chi connectivity index (χ0n) is 43.3. The molecule has 0 bridgehead atoms. The number of carbonyl (C=O) groups excluding carboxylic acids is 1. The molecule has 9 heteroatoms. The second kappa shape index (κ2) is 47.9. The number of unbranched alkanes of at least 4 members (excludes halogenated alkanes) is 15. The molecular weight excluding hydrogens is 852 g/mol. The summed E-state index contributed by atoms with van der Waals surface area (Å²) in [6.07, 6.45) is 71.2. The Labute approximate surface area is 412 Å². The van der Waals surface area contributed by atoms with Crippen LogP contribution in [0, 0.1) is 0 Å². The van der Waals surface area contributed by atoms with Gasteiger partial charge in [-0.1, -0.05) is 200 Å². The molecule has 0 aromatic rings. The van der Waals surface area contributed by atoms with Crippen LogP contribution >= 0.6 is 7.82 Å². The molecule has 0 aromatic heterocycles. The first-order chi connectivity index (χ1) is 32.5. The highest BCUT2D eigenvalue weighted by Crippen LogP contribution is 2.38. The molecule has 0 fully saturated rings. The molecule has 0 heterocycles. The number of likely N-dealkylation sites (N-methyl/N-ethyl adjacent to an activating group) is 1. The Balaban J connectivity index is 4.48. The largest absolute Gasteiger partial charge is 0.756 e. The van der Waals surface area contributed by atoms with Gasteiger partial charge in [-0.25, -0.2) is 0 Å². The predicted octanol–water partition coefficient (Wildman–Crippen LogP) is 15.2. The summed E-state index contributed by atoms with van der Waals surface area (Å²) in [7, 11) is 1.19. The van der Waals surface area contributed by atoms with Crippen LogP contribution in [-0.2, 0) is 18.4 Å². The van der Waals surface area contributed by atoms with Gasteiger partial charge in [0.1, 0.15) is 13.2 Å². The van der Waals surface area contributed by atoms with Crippen LogP contribution in [0.3, 0.4) is 0 Å². The van der Waals surface area contributed by atoms with E-state index in [-0.39, 0.29) is 18.9 Å². The van der Waals surface area contributed by atoms with Crippen molar-refractivity contribution >= 4 is 13.7 Å². The van der Waals surface area contributed by atoms with Crippen LogP contribution in [0.4, 0.5) is 0 Å². The van der Waals surface area contributed by atoms with Crippen molar-refractivity contribution in [3.05, 3.63) is 122 Å². The lowest BCUT2D eigenvalue weighted by Crippen LogP contribution is -2.45. The van der Waals surface area contributed by atoms with E-state index in [0.717, 1.165) is 83.5 Å². The topological polar surface area (TPSA) is 108 Å². The molecule has 0 aromatic carbocycles. The summed E-state index contributed by atoms with van der Waals surface area (Å²) in [5.41, 5.74) is 0. The minimum absolute atomic E-state index is 0.0232. The quantitative estimate of drug-likeness (QED) is 0.0272. The first-order valence-corrected chi connectivity index (χ1v) is 27.9. The van der Waals surface area contributed by atoms with Crippen molar-refractivity contribution in [1.82, 2.24) is 5.32 Å². The number of phosphoric acid groups is 1. The molecule has 0 spiro atoms. The van der Waals surface area contributed by atoms with E-state index in [1.807, 2.05) is 27.2 Å². The summed E-state index contributed by atoms with van der Waals surface area (Å²) in [5, 5.41) is 13.8. The molecule has 0 aliphatic rings. The number of hydrogen-bond acceptors (Lipinski definition) is 6. The summed E-state index contributed by atoms with van der Waals surface area (Å²) < 4.78 is 23.3. The summed E-state index contributed by atoms with van der Waals surface area (Å²) in [6, 6.07) is -0.937. The maximum atomic E-state index is 12.9. The van der Waals surface area contributed by atoms with Crippen LogP contribution in [0.5, 0.6) is 0 Å². The third-order valence-corrected chi connectivity index (χ3v) is 11.8. The van der Waals surface area contributed by atoms with E-state index in [1.54, 1.807) is 6.08 Å². The SMILES string of the molecule is CC/C=C\C/C=C\C/C=C\C/C=C\C/C=C\C/C=C\C/C=C\CCCCCC(=O)NC(COP(=O)([O-])OCC[N+](C)(C)C)C(O)/C=C/CC/C=C/CC/C=C/CCCCCCCCCCCC. The van der Waals surface area contributed by atoms with E-state index in [2.05, 4.69) is 129 Å². The highest BCUT2D eigenvalue weighted by molar-refractivity contribution is 7.45. The van der Waals surface area contributed by atoms with Gasteiger partial charge in [-0.3, -0.25) is 9.36 Å². The molecule has 382 valence electrons. The second-order valence-corrected chi connectivity index (χ2v) is 19.9. The molecule has 0 aliphatic carbocycles. The Hall–Kier alpha value is -3.10. The molecule has 0 aliphatic heterocycles. The van der Waals surface area contributed by atoms with Gasteiger partial charge in [-0.05, 0) is 103 Å². The first-order valence-electron chi connectivity index (χ1n) is 26.4. The fourth-order valence-electron chi connectivity index (χ4n) is 6.75. The van der Waals surface area contributed by atoms with Crippen molar-refractivity contribution < 1.29 is 32.9 Å². The molecule has 1 amide bonds. The molecular formula is C58H99N2O6P. The number of nitrogens with one attached hydrogen (secondary N) is 1. The van der Waals surface area contributed by atoms with Crippen molar-refractivity contribution in [1.29, 1.82) is 0 Å². The minimum Gasteiger partial charge on any atom is -0.756 e. The number of phosphoric ester groups is 1. The van der Waals surface area contributed by atoms with E-state index >= 15 is 0 Å². The number of allylic oxidation sites excluding steroid dienone is 19. The number of aliphatic hydroxyl groups excluding tert-OH is 1. The first kappa shape index (κ1) is 63.9. The summed E-state index contributed by atoms with van der Waals surface area (Å²) in [5.74, 6) is -0.249. The third-order valence-electron chi connectivity index (χ3n) is 10.9. The average molecular weight is 951 g/mol. The lowest BCUT2D eigenvalue weighted by Gasteiger charge is -2.29. The van der Waals surface area contributed by atoms with E-state index in [1.165, 1.54) is 70.6 Å². The van der Waals surface area contributed by atoms with Gasteiger partial charge in [0.25, 0.3) is 7.82 Å². The van der Waals surface area contributed by atoms with Crippen molar-refractivity contribution in [2.75, 3.05) is 40.9 Å². The zero-order chi connectivity index (χ0) is 49.2. The fourth-order valence-corrected chi connectivity index (χ4v) is 7.47. The smallest absolute Gasteiger partial charge is 0.268 e. The Morgan fingerprint density at radius 2 is 0.925 bits per heavy atom. The van der Waals surface area contributed by atoms with Gasteiger partial charge >= 0.3 is 0 Å². The predicted molar refractivity (Wildman–Crippen MR) is 288 cm³/mol. The zero-order valence-corrected chi connectivity index (χ0v) is 44.2. The Morgan fingerprint density at radius 3 is 1.39 bits per heavy atom. The van der Waals surface area contributed by atoms with Gasteiger partial charge in [0.2, 0.25) is 5.91 Å².